The van der Waals surface area contributed by atoms with Crippen LogP contribution in [-0.4, -0.2) is 17.6 Å². The Labute approximate surface area is 97.8 Å². The number of pyridine rings is 1. The zero-order valence-electron chi connectivity index (χ0n) is 9.45. The predicted molar refractivity (Wildman–Crippen MR) is 57.4 cm³/mol. The number of hydrogen-bond acceptors (Lipinski definition) is 4. The van der Waals surface area contributed by atoms with Crippen molar-refractivity contribution in [3.63, 3.8) is 0 Å². The topological polar surface area (TPSA) is 65.2 Å². The van der Waals surface area contributed by atoms with Crippen molar-refractivity contribution in [2.75, 3.05) is 6.61 Å². The number of halogens is 2. The van der Waals surface area contributed by atoms with Crippen molar-refractivity contribution in [3.8, 4) is 0 Å². The van der Waals surface area contributed by atoms with E-state index in [-0.39, 0.29) is 30.8 Å². The van der Waals surface area contributed by atoms with Gasteiger partial charge in [0.25, 0.3) is 6.43 Å². The highest BCUT2D eigenvalue weighted by atomic mass is 19.3. The molecule has 0 aliphatic carbocycles. The molecule has 4 nitrogen and oxygen atoms in total. The maximum atomic E-state index is 12.7. The minimum absolute atomic E-state index is 0.0291. The largest absolute Gasteiger partial charge is 0.466 e. The van der Waals surface area contributed by atoms with Crippen LogP contribution < -0.4 is 5.73 Å². The first kappa shape index (κ1) is 13.5. The number of nitrogens with zero attached hydrogens (tertiary/aromatic N) is 1. The summed E-state index contributed by atoms with van der Waals surface area (Å²) in [6.07, 6.45) is -2.93. The van der Waals surface area contributed by atoms with Gasteiger partial charge in [0.2, 0.25) is 0 Å². The lowest BCUT2D eigenvalue weighted by molar-refractivity contribution is -0.142. The Morgan fingerprint density at radius 1 is 1.53 bits per heavy atom. The Balaban J connectivity index is 2.96. The molecule has 6 heteroatoms. The average molecular weight is 244 g/mol. The van der Waals surface area contributed by atoms with E-state index < -0.39 is 12.4 Å². The van der Waals surface area contributed by atoms with Crippen molar-refractivity contribution in [2.24, 2.45) is 5.73 Å². The summed E-state index contributed by atoms with van der Waals surface area (Å²) >= 11 is 0. The second kappa shape index (κ2) is 6.24. The third-order valence-corrected chi connectivity index (χ3v) is 2.13. The predicted octanol–water partition coefficient (Wildman–Crippen LogP) is 1.58. The van der Waals surface area contributed by atoms with E-state index >= 15 is 0 Å². The lowest BCUT2D eigenvalue weighted by atomic mass is 10.1. The second-order valence-corrected chi connectivity index (χ2v) is 3.33. The number of alkyl halides is 2. The van der Waals surface area contributed by atoms with Crippen LogP contribution >= 0.6 is 0 Å². The molecule has 0 atom stereocenters. The van der Waals surface area contributed by atoms with Gasteiger partial charge in [0.15, 0.2) is 0 Å². The number of carbonyl (C=O) groups is 1. The highest BCUT2D eigenvalue weighted by Crippen LogP contribution is 2.22. The summed E-state index contributed by atoms with van der Waals surface area (Å²) in [6, 6.07) is 2.67. The van der Waals surface area contributed by atoms with Gasteiger partial charge in [-0.3, -0.25) is 9.78 Å². The molecule has 0 radical (unpaired) electrons. The summed E-state index contributed by atoms with van der Waals surface area (Å²) in [5.74, 6) is -0.573. The van der Waals surface area contributed by atoms with Crippen molar-refractivity contribution in [2.45, 2.75) is 26.3 Å². The van der Waals surface area contributed by atoms with Gasteiger partial charge in [-0.15, -0.1) is 0 Å². The number of carbonyl (C=O) groups excluding carboxylic acids is 1. The Kier molecular flexibility index (Phi) is 4.96. The first-order valence-electron chi connectivity index (χ1n) is 5.21. The van der Waals surface area contributed by atoms with E-state index in [0.717, 1.165) is 0 Å². The van der Waals surface area contributed by atoms with E-state index in [0.29, 0.717) is 5.69 Å². The summed E-state index contributed by atoms with van der Waals surface area (Å²) in [5, 5.41) is 0. The molecule has 1 aromatic rings. The van der Waals surface area contributed by atoms with E-state index in [9.17, 15) is 13.6 Å². The first-order chi connectivity index (χ1) is 8.08. The van der Waals surface area contributed by atoms with Gasteiger partial charge in [-0.25, -0.2) is 8.78 Å². The number of nitrogens with two attached hydrogens (primary N) is 1. The van der Waals surface area contributed by atoms with Crippen LogP contribution in [0.4, 0.5) is 8.78 Å². The molecule has 0 spiro atoms. The lowest BCUT2D eigenvalue weighted by Gasteiger charge is -2.09. The Morgan fingerprint density at radius 3 is 2.76 bits per heavy atom. The highest BCUT2D eigenvalue weighted by Gasteiger charge is 2.17. The first-order valence-corrected chi connectivity index (χ1v) is 5.21. The minimum Gasteiger partial charge on any atom is -0.466 e. The summed E-state index contributed by atoms with van der Waals surface area (Å²) in [6.45, 7) is 1.99. The average Bonchev–Trinajstić information content (AvgIpc) is 2.28. The van der Waals surface area contributed by atoms with E-state index in [4.69, 9.17) is 10.5 Å². The summed E-state index contributed by atoms with van der Waals surface area (Å²) in [7, 11) is 0. The normalized spacial score (nSPS) is 10.6. The van der Waals surface area contributed by atoms with Crippen molar-refractivity contribution >= 4 is 5.97 Å². The molecule has 0 aliphatic rings. The van der Waals surface area contributed by atoms with Crippen LogP contribution in [-0.2, 0) is 22.5 Å². The van der Waals surface area contributed by atoms with E-state index in [1.807, 2.05) is 0 Å². The quantitative estimate of drug-likeness (QED) is 0.799. The van der Waals surface area contributed by atoms with Gasteiger partial charge >= 0.3 is 5.97 Å². The number of aromatic nitrogens is 1. The van der Waals surface area contributed by atoms with Crippen molar-refractivity contribution in [1.82, 2.24) is 4.98 Å². The Morgan fingerprint density at radius 2 is 2.24 bits per heavy atom. The standard InChI is InChI=1S/C11H14F2N2O2/c1-2-17-10(16)5-9-8(11(12)13)4-3-7(6-14)15-9/h3-4,11H,2,5-6,14H2,1H3. The van der Waals surface area contributed by atoms with Crippen molar-refractivity contribution in [1.29, 1.82) is 0 Å². The fraction of sp³-hybridized carbons (Fsp3) is 0.455. The zero-order valence-corrected chi connectivity index (χ0v) is 9.45. The van der Waals surface area contributed by atoms with Gasteiger partial charge in [0, 0.05) is 12.1 Å². The molecule has 0 saturated heterocycles. The Bertz CT molecular complexity index is 397. The molecule has 1 aromatic heterocycles. The van der Waals surface area contributed by atoms with Crippen LogP contribution in [0, 0.1) is 0 Å². The number of hydrogen-bond donors (Lipinski definition) is 1. The van der Waals surface area contributed by atoms with Gasteiger partial charge in [0.05, 0.1) is 24.4 Å². The van der Waals surface area contributed by atoms with Gasteiger partial charge in [-0.2, -0.15) is 0 Å². The lowest BCUT2D eigenvalue weighted by Crippen LogP contribution is -2.13. The molecular formula is C11H14F2N2O2. The molecule has 17 heavy (non-hydrogen) atoms. The van der Waals surface area contributed by atoms with Crippen LogP contribution in [0.25, 0.3) is 0 Å². The van der Waals surface area contributed by atoms with Gasteiger partial charge in [0.1, 0.15) is 0 Å². The molecule has 0 unspecified atom stereocenters. The fourth-order valence-corrected chi connectivity index (χ4v) is 1.36. The summed E-state index contributed by atoms with van der Waals surface area (Å²) in [5.41, 5.74) is 5.61. The molecular weight excluding hydrogens is 230 g/mol. The molecule has 2 N–H and O–H groups in total. The highest BCUT2D eigenvalue weighted by molar-refractivity contribution is 5.72. The van der Waals surface area contributed by atoms with Gasteiger partial charge < -0.3 is 10.5 Å². The molecule has 0 aromatic carbocycles. The number of ether oxygens (including phenoxy) is 1. The maximum absolute atomic E-state index is 12.7. The van der Waals surface area contributed by atoms with E-state index in [2.05, 4.69) is 4.98 Å². The third kappa shape index (κ3) is 3.74. The molecule has 0 saturated carbocycles. The molecule has 1 rings (SSSR count). The molecule has 0 fully saturated rings. The Hall–Kier alpha value is -1.56. The summed E-state index contributed by atoms with van der Waals surface area (Å²) in [4.78, 5) is 15.2. The molecule has 0 bridgehead atoms. The van der Waals surface area contributed by atoms with E-state index in [1.165, 1.54) is 12.1 Å². The van der Waals surface area contributed by atoms with Gasteiger partial charge in [-0.05, 0) is 19.1 Å². The maximum Gasteiger partial charge on any atom is 0.311 e. The molecule has 0 amide bonds. The monoisotopic (exact) mass is 244 g/mol. The van der Waals surface area contributed by atoms with Gasteiger partial charge in [-0.1, -0.05) is 0 Å². The third-order valence-electron chi connectivity index (χ3n) is 2.13. The molecule has 94 valence electrons. The van der Waals surface area contributed by atoms with Crippen LogP contribution in [0.1, 0.15) is 30.3 Å². The van der Waals surface area contributed by atoms with Crippen molar-refractivity contribution < 1.29 is 18.3 Å². The SMILES string of the molecule is CCOC(=O)Cc1nc(CN)ccc1C(F)F. The smallest absolute Gasteiger partial charge is 0.311 e. The summed E-state index contributed by atoms with van der Waals surface area (Å²) < 4.78 is 30.1. The van der Waals surface area contributed by atoms with Crippen LogP contribution in [0.15, 0.2) is 12.1 Å². The van der Waals surface area contributed by atoms with E-state index in [1.54, 1.807) is 6.92 Å². The number of rotatable bonds is 5. The fourth-order valence-electron chi connectivity index (χ4n) is 1.36. The second-order valence-electron chi connectivity index (χ2n) is 3.33. The van der Waals surface area contributed by atoms with Crippen LogP contribution in [0.2, 0.25) is 0 Å². The minimum atomic E-state index is -2.67. The number of esters is 1. The zero-order chi connectivity index (χ0) is 12.8. The molecule has 0 aliphatic heterocycles. The van der Waals surface area contributed by atoms with Crippen LogP contribution in [0.3, 0.4) is 0 Å². The van der Waals surface area contributed by atoms with Crippen LogP contribution in [0.5, 0.6) is 0 Å². The van der Waals surface area contributed by atoms with Crippen molar-refractivity contribution in [3.05, 3.63) is 29.1 Å². The molecule has 1 heterocycles.